The predicted molar refractivity (Wildman–Crippen MR) is 43.5 cm³/mol. The summed E-state index contributed by atoms with van der Waals surface area (Å²) in [6, 6.07) is 0. The molecule has 0 bridgehead atoms. The molecule has 1 aromatic rings. The quantitative estimate of drug-likeness (QED) is 0.512. The summed E-state index contributed by atoms with van der Waals surface area (Å²) >= 11 is 1.04. The molecule has 12 heavy (non-hydrogen) atoms. The van der Waals surface area contributed by atoms with Crippen LogP contribution in [0.15, 0.2) is 6.20 Å². The zero-order valence-corrected chi connectivity index (χ0v) is 7.47. The number of Topliss-reactive ketones (excluding diaryl/α,β-unsaturated/α-hetero) is 1. The maximum absolute atomic E-state index is 10.9. The van der Waals surface area contributed by atoms with E-state index in [0.717, 1.165) is 11.3 Å². The minimum atomic E-state index is -0.458. The summed E-state index contributed by atoms with van der Waals surface area (Å²) in [5.74, 6) is -0.602. The highest BCUT2D eigenvalue weighted by molar-refractivity contribution is 7.15. The van der Waals surface area contributed by atoms with E-state index in [0.29, 0.717) is 9.88 Å². The first-order valence-electron chi connectivity index (χ1n) is 3.20. The van der Waals surface area contributed by atoms with Gasteiger partial charge in [0, 0.05) is 6.92 Å². The summed E-state index contributed by atoms with van der Waals surface area (Å²) < 4.78 is 4.45. The molecule has 0 radical (unpaired) electrons. The number of methoxy groups -OCH3 is 1. The number of rotatable bonds is 2. The molecule has 1 heterocycles. The number of hydrogen-bond donors (Lipinski definition) is 0. The molecule has 1 aromatic heterocycles. The number of ether oxygens (including phenoxy) is 1. The van der Waals surface area contributed by atoms with E-state index in [4.69, 9.17) is 0 Å². The van der Waals surface area contributed by atoms with Gasteiger partial charge in [-0.05, 0) is 0 Å². The van der Waals surface area contributed by atoms with Gasteiger partial charge in [0.15, 0.2) is 10.8 Å². The molecule has 0 aromatic carbocycles. The van der Waals surface area contributed by atoms with Crippen molar-refractivity contribution in [2.75, 3.05) is 7.11 Å². The van der Waals surface area contributed by atoms with Gasteiger partial charge in [0.05, 0.1) is 13.3 Å². The molecule has 1 rings (SSSR count). The van der Waals surface area contributed by atoms with Crippen molar-refractivity contribution in [3.8, 4) is 0 Å². The van der Waals surface area contributed by atoms with E-state index in [2.05, 4.69) is 9.72 Å². The summed E-state index contributed by atoms with van der Waals surface area (Å²) in [4.78, 5) is 25.8. The van der Waals surface area contributed by atoms with Crippen molar-refractivity contribution in [2.45, 2.75) is 6.92 Å². The van der Waals surface area contributed by atoms with Gasteiger partial charge in [-0.1, -0.05) is 0 Å². The second-order valence-electron chi connectivity index (χ2n) is 2.08. The number of aromatic nitrogens is 1. The van der Waals surface area contributed by atoms with Crippen molar-refractivity contribution in [1.82, 2.24) is 4.98 Å². The standard InChI is InChI=1S/C7H7NO3S/c1-4(9)6-8-3-5(12-6)7(10)11-2/h3H,1-2H3. The van der Waals surface area contributed by atoms with Crippen molar-refractivity contribution in [1.29, 1.82) is 0 Å². The van der Waals surface area contributed by atoms with Crippen molar-refractivity contribution in [2.24, 2.45) is 0 Å². The van der Waals surface area contributed by atoms with E-state index < -0.39 is 5.97 Å². The summed E-state index contributed by atoms with van der Waals surface area (Å²) in [6.07, 6.45) is 1.34. The van der Waals surface area contributed by atoms with Gasteiger partial charge >= 0.3 is 5.97 Å². The van der Waals surface area contributed by atoms with Crippen molar-refractivity contribution in [3.63, 3.8) is 0 Å². The van der Waals surface area contributed by atoms with Gasteiger partial charge < -0.3 is 4.74 Å². The van der Waals surface area contributed by atoms with Crippen LogP contribution in [0, 0.1) is 0 Å². The molecule has 0 aliphatic carbocycles. The average Bonchev–Trinajstić information content (AvgIpc) is 2.51. The molecule has 0 spiro atoms. The molecule has 0 amide bonds. The van der Waals surface area contributed by atoms with Crippen LogP contribution >= 0.6 is 11.3 Å². The molecule has 0 saturated carbocycles. The summed E-state index contributed by atoms with van der Waals surface area (Å²) in [6.45, 7) is 1.40. The summed E-state index contributed by atoms with van der Waals surface area (Å²) in [7, 11) is 1.29. The lowest BCUT2D eigenvalue weighted by Crippen LogP contribution is -1.96. The fourth-order valence-electron chi connectivity index (χ4n) is 0.632. The van der Waals surface area contributed by atoms with E-state index in [-0.39, 0.29) is 5.78 Å². The van der Waals surface area contributed by atoms with Crippen molar-refractivity contribution in [3.05, 3.63) is 16.1 Å². The van der Waals surface area contributed by atoms with Gasteiger partial charge in [-0.2, -0.15) is 0 Å². The first-order valence-corrected chi connectivity index (χ1v) is 4.02. The highest BCUT2D eigenvalue weighted by atomic mass is 32.1. The van der Waals surface area contributed by atoms with E-state index in [1.165, 1.54) is 20.2 Å². The van der Waals surface area contributed by atoms with E-state index in [9.17, 15) is 9.59 Å². The monoisotopic (exact) mass is 185 g/mol. The Balaban J connectivity index is 2.91. The molecule has 5 heteroatoms. The Morgan fingerprint density at radius 1 is 1.58 bits per heavy atom. The van der Waals surface area contributed by atoms with Crippen LogP contribution in [0.4, 0.5) is 0 Å². The van der Waals surface area contributed by atoms with Crippen LogP contribution in [0.25, 0.3) is 0 Å². The number of esters is 1. The van der Waals surface area contributed by atoms with Gasteiger partial charge in [0.1, 0.15) is 4.88 Å². The van der Waals surface area contributed by atoms with Gasteiger partial charge in [0.25, 0.3) is 0 Å². The molecule has 0 atom stereocenters. The number of carbonyl (C=O) groups is 2. The van der Waals surface area contributed by atoms with Crippen LogP contribution in [0.1, 0.15) is 26.4 Å². The zero-order chi connectivity index (χ0) is 9.14. The molecule has 0 aliphatic heterocycles. The van der Waals surface area contributed by atoms with Crippen molar-refractivity contribution >= 4 is 23.1 Å². The number of carbonyl (C=O) groups excluding carboxylic acids is 2. The highest BCUT2D eigenvalue weighted by Crippen LogP contribution is 2.13. The van der Waals surface area contributed by atoms with E-state index in [1.54, 1.807) is 0 Å². The van der Waals surface area contributed by atoms with Crippen LogP contribution < -0.4 is 0 Å². The molecule has 0 N–H and O–H groups in total. The molecule has 64 valence electrons. The smallest absolute Gasteiger partial charge is 0.349 e. The fraction of sp³-hybridized carbons (Fsp3) is 0.286. The lowest BCUT2D eigenvalue weighted by molar-refractivity contribution is 0.0606. The van der Waals surface area contributed by atoms with Gasteiger partial charge in [-0.25, -0.2) is 9.78 Å². The minimum Gasteiger partial charge on any atom is -0.465 e. The second kappa shape index (κ2) is 3.44. The van der Waals surface area contributed by atoms with Crippen LogP contribution in [-0.2, 0) is 4.74 Å². The Bertz CT molecular complexity index is 318. The third-order valence-corrected chi connectivity index (χ3v) is 2.27. The van der Waals surface area contributed by atoms with Gasteiger partial charge in [-0.15, -0.1) is 11.3 Å². The average molecular weight is 185 g/mol. The summed E-state index contributed by atoms with van der Waals surface area (Å²) in [5, 5.41) is 0.329. The fourth-order valence-corrected chi connectivity index (χ4v) is 1.36. The number of hydrogen-bond acceptors (Lipinski definition) is 5. The van der Waals surface area contributed by atoms with E-state index in [1.807, 2.05) is 0 Å². The predicted octanol–water partition coefficient (Wildman–Crippen LogP) is 1.13. The van der Waals surface area contributed by atoms with Crippen LogP contribution in [0.5, 0.6) is 0 Å². The van der Waals surface area contributed by atoms with Crippen molar-refractivity contribution < 1.29 is 14.3 Å². The topological polar surface area (TPSA) is 56.3 Å². The molecule has 0 fully saturated rings. The van der Waals surface area contributed by atoms with Crippen LogP contribution in [-0.4, -0.2) is 23.8 Å². The normalized spacial score (nSPS) is 9.50. The lowest BCUT2D eigenvalue weighted by Gasteiger charge is -1.90. The maximum Gasteiger partial charge on any atom is 0.349 e. The first-order chi connectivity index (χ1) is 5.65. The Kier molecular flexibility index (Phi) is 2.54. The molecular formula is C7H7NO3S. The molecule has 0 aliphatic rings. The van der Waals surface area contributed by atoms with Crippen LogP contribution in [0.2, 0.25) is 0 Å². The third-order valence-electron chi connectivity index (χ3n) is 1.19. The van der Waals surface area contributed by atoms with Crippen LogP contribution in [0.3, 0.4) is 0 Å². The SMILES string of the molecule is COC(=O)c1cnc(C(C)=O)s1. The second-order valence-corrected chi connectivity index (χ2v) is 3.11. The third kappa shape index (κ3) is 1.68. The Morgan fingerprint density at radius 2 is 2.25 bits per heavy atom. The largest absolute Gasteiger partial charge is 0.465 e. The highest BCUT2D eigenvalue weighted by Gasteiger charge is 2.12. The van der Waals surface area contributed by atoms with E-state index >= 15 is 0 Å². The Hall–Kier alpha value is -1.23. The zero-order valence-electron chi connectivity index (χ0n) is 6.66. The first kappa shape index (κ1) is 8.86. The Morgan fingerprint density at radius 3 is 2.67 bits per heavy atom. The maximum atomic E-state index is 10.9. The number of nitrogens with zero attached hydrogens (tertiary/aromatic N) is 1. The number of ketones is 1. The van der Waals surface area contributed by atoms with Gasteiger partial charge in [0.2, 0.25) is 0 Å². The molecular weight excluding hydrogens is 178 g/mol. The lowest BCUT2D eigenvalue weighted by atomic mass is 10.5. The minimum absolute atomic E-state index is 0.143. The number of thiazole rings is 1. The summed E-state index contributed by atoms with van der Waals surface area (Å²) in [5.41, 5.74) is 0. The molecule has 0 unspecified atom stereocenters. The van der Waals surface area contributed by atoms with Gasteiger partial charge in [-0.3, -0.25) is 4.79 Å². The molecule has 0 saturated heterocycles. The molecule has 4 nitrogen and oxygen atoms in total. The Labute approximate surface area is 73.2 Å².